The lowest BCUT2D eigenvalue weighted by molar-refractivity contribution is -0.121. The number of hydrogen-bond acceptors (Lipinski definition) is 4. The molecule has 1 aliphatic rings. The Hall–Kier alpha value is -1.91. The summed E-state index contributed by atoms with van der Waals surface area (Å²) in [5.74, 6) is -0.287. The van der Waals surface area contributed by atoms with E-state index in [0.717, 1.165) is 10.5 Å². The number of pyridine rings is 1. The Morgan fingerprint density at radius 1 is 1.37 bits per heavy atom. The standard InChI is InChI=1S/C14H18N2O3/c1-13(2,3)19-12(18)16-10-8-15-7-6-9(10)14(4,5)11(16)17/h6-8H,1-5H3. The van der Waals surface area contributed by atoms with Crippen LogP contribution >= 0.6 is 0 Å². The normalized spacial score (nSPS) is 17.3. The lowest BCUT2D eigenvalue weighted by atomic mass is 9.87. The maximum atomic E-state index is 12.4. The lowest BCUT2D eigenvalue weighted by Gasteiger charge is -2.24. The number of carbonyl (C=O) groups excluding carboxylic acids is 2. The maximum Gasteiger partial charge on any atom is 0.421 e. The van der Waals surface area contributed by atoms with Gasteiger partial charge in [0.2, 0.25) is 5.91 Å². The minimum atomic E-state index is -0.741. The van der Waals surface area contributed by atoms with E-state index >= 15 is 0 Å². The molecule has 1 aromatic rings. The number of nitrogens with zero attached hydrogens (tertiary/aromatic N) is 2. The third-order valence-corrected chi connectivity index (χ3v) is 3.03. The van der Waals surface area contributed by atoms with Crippen molar-refractivity contribution < 1.29 is 14.3 Å². The van der Waals surface area contributed by atoms with Gasteiger partial charge < -0.3 is 4.74 Å². The SMILES string of the molecule is CC(C)(C)OC(=O)N1C(=O)C(C)(C)c2ccncc21. The first-order chi connectivity index (χ1) is 8.64. The molecule has 1 aliphatic heterocycles. The van der Waals surface area contributed by atoms with Crippen molar-refractivity contribution in [3.8, 4) is 0 Å². The van der Waals surface area contributed by atoms with E-state index in [0.29, 0.717) is 5.69 Å². The predicted molar refractivity (Wildman–Crippen MR) is 71.0 cm³/mol. The number of anilines is 1. The first-order valence-electron chi connectivity index (χ1n) is 6.16. The number of hydrogen-bond donors (Lipinski definition) is 0. The van der Waals surface area contributed by atoms with Crippen LogP contribution in [0.4, 0.5) is 10.5 Å². The van der Waals surface area contributed by atoms with Crippen molar-refractivity contribution in [1.29, 1.82) is 0 Å². The highest BCUT2D eigenvalue weighted by Gasteiger charge is 2.48. The van der Waals surface area contributed by atoms with Crippen molar-refractivity contribution in [2.75, 3.05) is 4.90 Å². The molecule has 0 atom stereocenters. The molecule has 0 aromatic carbocycles. The smallest absolute Gasteiger partial charge is 0.421 e. The number of aromatic nitrogens is 1. The van der Waals surface area contributed by atoms with Crippen LogP contribution < -0.4 is 4.90 Å². The molecule has 0 N–H and O–H groups in total. The van der Waals surface area contributed by atoms with Gasteiger partial charge in [0.15, 0.2) is 0 Å². The van der Waals surface area contributed by atoms with Crippen LogP contribution in [0.2, 0.25) is 0 Å². The molecule has 0 spiro atoms. The molecule has 0 unspecified atom stereocenters. The lowest BCUT2D eigenvalue weighted by Crippen LogP contribution is -2.43. The zero-order valence-electron chi connectivity index (χ0n) is 11.9. The monoisotopic (exact) mass is 262 g/mol. The number of imide groups is 1. The van der Waals surface area contributed by atoms with Crippen LogP contribution in [0.5, 0.6) is 0 Å². The summed E-state index contributed by atoms with van der Waals surface area (Å²) in [6, 6.07) is 1.76. The molecule has 1 aromatic heterocycles. The highest BCUT2D eigenvalue weighted by molar-refractivity contribution is 6.20. The molecule has 19 heavy (non-hydrogen) atoms. The average molecular weight is 262 g/mol. The largest absolute Gasteiger partial charge is 0.443 e. The molecule has 0 radical (unpaired) electrons. The summed E-state index contributed by atoms with van der Waals surface area (Å²) < 4.78 is 5.28. The van der Waals surface area contributed by atoms with Gasteiger partial charge >= 0.3 is 6.09 Å². The fourth-order valence-corrected chi connectivity index (χ4v) is 2.09. The Labute approximate surface area is 112 Å². The van der Waals surface area contributed by atoms with Crippen LogP contribution in [0.25, 0.3) is 0 Å². The van der Waals surface area contributed by atoms with Crippen LogP contribution in [0.3, 0.4) is 0 Å². The molecule has 0 aliphatic carbocycles. The number of rotatable bonds is 0. The quantitative estimate of drug-likeness (QED) is 0.721. The molecule has 5 heteroatoms. The zero-order valence-corrected chi connectivity index (χ0v) is 11.9. The van der Waals surface area contributed by atoms with Gasteiger partial charge in [0.05, 0.1) is 17.3 Å². The molecule has 2 heterocycles. The topological polar surface area (TPSA) is 59.5 Å². The summed E-state index contributed by atoms with van der Waals surface area (Å²) in [7, 11) is 0. The molecule has 0 bridgehead atoms. The fourth-order valence-electron chi connectivity index (χ4n) is 2.09. The van der Waals surface area contributed by atoms with E-state index in [4.69, 9.17) is 4.74 Å². The van der Waals surface area contributed by atoms with Crippen molar-refractivity contribution in [3.05, 3.63) is 24.0 Å². The second-order valence-electron chi connectivity index (χ2n) is 6.14. The summed E-state index contributed by atoms with van der Waals surface area (Å²) >= 11 is 0. The third kappa shape index (κ3) is 2.20. The Balaban J connectivity index is 2.43. The first kappa shape index (κ1) is 13.5. The van der Waals surface area contributed by atoms with E-state index < -0.39 is 17.1 Å². The Kier molecular flexibility index (Phi) is 2.88. The van der Waals surface area contributed by atoms with Crippen LogP contribution in [0, 0.1) is 0 Å². The van der Waals surface area contributed by atoms with Crippen LogP contribution in [0.15, 0.2) is 18.5 Å². The van der Waals surface area contributed by atoms with Crippen molar-refractivity contribution in [1.82, 2.24) is 4.98 Å². The average Bonchev–Trinajstić information content (AvgIpc) is 2.46. The summed E-state index contributed by atoms with van der Waals surface area (Å²) in [6.45, 7) is 8.87. The van der Waals surface area contributed by atoms with Gasteiger partial charge in [-0.25, -0.2) is 9.69 Å². The Bertz CT molecular complexity index is 544. The van der Waals surface area contributed by atoms with Crippen molar-refractivity contribution in [2.45, 2.75) is 45.6 Å². The predicted octanol–water partition coefficient (Wildman–Crippen LogP) is 2.64. The summed E-state index contributed by atoms with van der Waals surface area (Å²) in [6.07, 6.45) is 2.48. The van der Waals surface area contributed by atoms with Crippen LogP contribution in [0.1, 0.15) is 40.2 Å². The maximum absolute atomic E-state index is 12.4. The molecule has 102 valence electrons. The summed E-state index contributed by atoms with van der Waals surface area (Å²) in [5.41, 5.74) is -0.0909. The van der Waals surface area contributed by atoms with E-state index in [1.807, 2.05) is 0 Å². The van der Waals surface area contributed by atoms with Gasteiger partial charge in [-0.2, -0.15) is 0 Å². The molecule has 0 saturated heterocycles. The second-order valence-corrected chi connectivity index (χ2v) is 6.14. The van der Waals surface area contributed by atoms with Crippen LogP contribution in [-0.4, -0.2) is 22.6 Å². The molecule has 5 nitrogen and oxygen atoms in total. The van der Waals surface area contributed by atoms with Crippen LogP contribution in [-0.2, 0) is 14.9 Å². The molecule has 0 saturated carbocycles. The Morgan fingerprint density at radius 2 is 2.00 bits per heavy atom. The van der Waals surface area contributed by atoms with E-state index in [1.165, 1.54) is 6.20 Å². The number of ether oxygens (including phenoxy) is 1. The first-order valence-corrected chi connectivity index (χ1v) is 6.16. The minimum Gasteiger partial charge on any atom is -0.443 e. The van der Waals surface area contributed by atoms with Gasteiger partial charge in [-0.3, -0.25) is 9.78 Å². The fraction of sp³-hybridized carbons (Fsp3) is 0.500. The van der Waals surface area contributed by atoms with Gasteiger partial charge in [0.1, 0.15) is 5.60 Å². The van der Waals surface area contributed by atoms with E-state index in [2.05, 4.69) is 4.98 Å². The van der Waals surface area contributed by atoms with Gasteiger partial charge in [-0.15, -0.1) is 0 Å². The summed E-state index contributed by atoms with van der Waals surface area (Å²) in [4.78, 5) is 29.6. The van der Waals surface area contributed by atoms with E-state index in [9.17, 15) is 9.59 Å². The van der Waals surface area contributed by atoms with E-state index in [1.54, 1.807) is 46.9 Å². The second kappa shape index (κ2) is 4.05. The van der Waals surface area contributed by atoms with Crippen molar-refractivity contribution in [3.63, 3.8) is 0 Å². The third-order valence-electron chi connectivity index (χ3n) is 3.03. The van der Waals surface area contributed by atoms with E-state index in [-0.39, 0.29) is 5.91 Å². The number of amides is 2. The van der Waals surface area contributed by atoms with Gasteiger partial charge in [-0.05, 0) is 46.2 Å². The molecule has 0 fully saturated rings. The van der Waals surface area contributed by atoms with Crippen molar-refractivity contribution >= 4 is 17.7 Å². The molecule has 2 amide bonds. The number of carbonyl (C=O) groups is 2. The molecule has 2 rings (SSSR count). The van der Waals surface area contributed by atoms with Gasteiger partial charge in [0, 0.05) is 6.20 Å². The highest BCUT2D eigenvalue weighted by atomic mass is 16.6. The van der Waals surface area contributed by atoms with Gasteiger partial charge in [0.25, 0.3) is 0 Å². The minimum absolute atomic E-state index is 0.287. The summed E-state index contributed by atoms with van der Waals surface area (Å²) in [5, 5.41) is 0. The zero-order chi connectivity index (χ0) is 14.4. The molecular weight excluding hydrogens is 244 g/mol. The highest BCUT2D eigenvalue weighted by Crippen LogP contribution is 2.41. The molecular formula is C14H18N2O3. The van der Waals surface area contributed by atoms with Gasteiger partial charge in [-0.1, -0.05) is 0 Å². The van der Waals surface area contributed by atoms with Crippen molar-refractivity contribution in [2.24, 2.45) is 0 Å². The Morgan fingerprint density at radius 3 is 2.58 bits per heavy atom. The number of fused-ring (bicyclic) bond motifs is 1.